The summed E-state index contributed by atoms with van der Waals surface area (Å²) >= 11 is 0. The molecule has 0 aromatic rings. The Hall–Kier alpha value is -1.30. The number of unbranched alkanes of at least 4 members (excludes halogenated alkanes) is 29. The Morgan fingerprint density at radius 2 is 0.368 bits per heavy atom. The highest BCUT2D eigenvalue weighted by atomic mass is 14.0. The summed E-state index contributed by atoms with van der Waals surface area (Å²) in [6.07, 6.45) is 81.2. The van der Waals surface area contributed by atoms with Crippen LogP contribution in [0.4, 0.5) is 0 Å². The van der Waals surface area contributed by atoms with E-state index in [4.69, 9.17) is 0 Å². The first-order valence-electron chi connectivity index (χ1n) is 31.3. The van der Waals surface area contributed by atoms with Crippen molar-refractivity contribution >= 4 is 0 Å². The van der Waals surface area contributed by atoms with E-state index in [1.165, 1.54) is 263 Å². The van der Waals surface area contributed by atoms with Crippen LogP contribution in [-0.2, 0) is 0 Å². The summed E-state index contributed by atoms with van der Waals surface area (Å²) in [4.78, 5) is 0. The second-order valence-electron chi connectivity index (χ2n) is 22.5. The van der Waals surface area contributed by atoms with Crippen LogP contribution in [0.1, 0.15) is 353 Å². The van der Waals surface area contributed by atoms with E-state index in [0.29, 0.717) is 0 Å². The van der Waals surface area contributed by atoms with Crippen LogP contribution >= 0.6 is 0 Å². The average molecular weight is 952 g/mol. The Kier molecular flexibility index (Phi) is 75.3. The van der Waals surface area contributed by atoms with Crippen LogP contribution in [-0.4, -0.2) is 0 Å². The van der Waals surface area contributed by atoms with Crippen molar-refractivity contribution in [1.29, 1.82) is 0 Å². The number of hydrogen-bond donors (Lipinski definition) is 0. The van der Waals surface area contributed by atoms with Gasteiger partial charge in [-0.3, -0.25) is 0 Å². The highest BCUT2D eigenvalue weighted by molar-refractivity contribution is 4.92. The molecule has 0 unspecified atom stereocenters. The van der Waals surface area contributed by atoms with Crippen LogP contribution < -0.4 is 0 Å². The van der Waals surface area contributed by atoms with Gasteiger partial charge in [-0.2, -0.15) is 0 Å². The summed E-state index contributed by atoms with van der Waals surface area (Å²) in [6, 6.07) is 0. The summed E-state index contributed by atoms with van der Waals surface area (Å²) < 4.78 is 0. The third-order valence-electron chi connectivity index (χ3n) is 12.9. The molecule has 0 saturated carbocycles. The first-order valence-corrected chi connectivity index (χ1v) is 31.3. The fraction of sp³-hybridized carbons (Fsp3) is 0.853. The van der Waals surface area contributed by atoms with Gasteiger partial charge in [-0.1, -0.05) is 317 Å². The first kappa shape index (κ1) is 73.2. The van der Waals surface area contributed by atoms with E-state index in [-0.39, 0.29) is 0 Å². The summed E-state index contributed by atoms with van der Waals surface area (Å²) in [7, 11) is 0. The maximum Gasteiger partial charge on any atom is -0.0169 e. The smallest absolute Gasteiger partial charge is 0.0169 e. The molecule has 0 rings (SSSR count). The van der Waals surface area contributed by atoms with Gasteiger partial charge in [0, 0.05) is 0 Å². The van der Waals surface area contributed by atoms with E-state index in [1.54, 1.807) is 0 Å². The summed E-state index contributed by atoms with van der Waals surface area (Å²) in [6.45, 7) is 27.6. The highest BCUT2D eigenvalue weighted by Gasteiger charge is 1.97. The molecule has 0 fully saturated rings. The van der Waals surface area contributed by atoms with Gasteiger partial charge in [0.25, 0.3) is 0 Å². The number of rotatable bonds is 47. The molecule has 0 heteroatoms. The van der Waals surface area contributed by atoms with E-state index < -0.39 is 0 Å². The molecule has 406 valence electrons. The second kappa shape index (κ2) is 70.0. The van der Waals surface area contributed by atoms with Crippen molar-refractivity contribution < 1.29 is 0 Å². The maximum absolute atomic E-state index is 2.42. The minimum atomic E-state index is 0.879. The summed E-state index contributed by atoms with van der Waals surface area (Å²) in [5.41, 5.74) is 0. The van der Waals surface area contributed by atoms with E-state index in [1.807, 2.05) is 0 Å². The molecule has 0 aliphatic heterocycles. The Morgan fingerprint density at radius 3 is 0.647 bits per heavy atom. The van der Waals surface area contributed by atoms with Crippen LogP contribution in [0.2, 0.25) is 0 Å². The van der Waals surface area contributed by atoms with Gasteiger partial charge in [0.1, 0.15) is 0 Å². The molecule has 0 nitrogen and oxygen atoms in total. The first-order chi connectivity index (χ1) is 33.1. The van der Waals surface area contributed by atoms with Crippen molar-refractivity contribution in [3.05, 3.63) is 60.8 Å². The van der Waals surface area contributed by atoms with Crippen molar-refractivity contribution in [2.75, 3.05) is 0 Å². The van der Waals surface area contributed by atoms with Crippen LogP contribution in [0.25, 0.3) is 0 Å². The minimum absolute atomic E-state index is 0.879. The Morgan fingerprint density at radius 1 is 0.191 bits per heavy atom. The quantitative estimate of drug-likeness (QED) is 0.0421. The predicted molar refractivity (Wildman–Crippen MR) is 322 cm³/mol. The molecule has 0 N–H and O–H groups in total. The Bertz CT molecular complexity index is 938. The fourth-order valence-corrected chi connectivity index (χ4v) is 8.09. The Labute approximate surface area is 435 Å². The standard InChI is InChI=1S/C21H42.C21H40.2C13H26/c2*1-4-5-6-7-8-9-10-11-12-13-14-15-16-17-18-19-20-21(2)3;2*1-4-5-6-7-8-9-10-11-12-13(2)3/h11-12,21H,4-10,13-20H2,1-3H3;8-9,11-12,21H,4-7,10,13-20H2,1-3H3;2*7-8,13H,4-6,9-12H2,1-3H3/b12-11-;9-8-,12-11-;8-7+;8-7-. The molecule has 0 spiro atoms. The van der Waals surface area contributed by atoms with Gasteiger partial charge in [0.2, 0.25) is 0 Å². The lowest BCUT2D eigenvalue weighted by Gasteiger charge is -2.03. The third kappa shape index (κ3) is 87.7. The molecule has 0 aliphatic carbocycles. The van der Waals surface area contributed by atoms with Crippen molar-refractivity contribution in [2.24, 2.45) is 23.7 Å². The largest absolute Gasteiger partial charge is 0.0885 e. The van der Waals surface area contributed by atoms with Gasteiger partial charge >= 0.3 is 0 Å². The van der Waals surface area contributed by atoms with Gasteiger partial charge in [0.15, 0.2) is 0 Å². The molecule has 0 aromatic heterocycles. The van der Waals surface area contributed by atoms with Crippen molar-refractivity contribution in [2.45, 2.75) is 353 Å². The molecule has 0 heterocycles. The monoisotopic (exact) mass is 951 g/mol. The van der Waals surface area contributed by atoms with Crippen LogP contribution in [0.15, 0.2) is 60.8 Å². The molecule has 0 atom stereocenters. The molecule has 0 bridgehead atoms. The van der Waals surface area contributed by atoms with E-state index in [0.717, 1.165) is 30.1 Å². The van der Waals surface area contributed by atoms with Gasteiger partial charge in [-0.05, 0) is 120 Å². The molecule has 0 saturated heterocycles. The molecular weight excluding hydrogens is 817 g/mol. The third-order valence-corrected chi connectivity index (χ3v) is 12.9. The summed E-state index contributed by atoms with van der Waals surface area (Å²) in [5.74, 6) is 3.53. The van der Waals surface area contributed by atoms with Gasteiger partial charge in [-0.15, -0.1) is 0 Å². The van der Waals surface area contributed by atoms with Gasteiger partial charge in [-0.25, -0.2) is 0 Å². The fourth-order valence-electron chi connectivity index (χ4n) is 8.09. The predicted octanol–water partition coefficient (Wildman–Crippen LogP) is 25.8. The maximum atomic E-state index is 2.42. The number of allylic oxidation sites excluding steroid dienone is 10. The molecule has 0 aromatic carbocycles. The van der Waals surface area contributed by atoms with Crippen LogP contribution in [0.3, 0.4) is 0 Å². The molecule has 0 amide bonds. The SMILES string of the molecule is CCCC/C=C/CCCCC(C)C.CCCC/C=C\CCCCC(C)C.CCCCC/C=C\C/C=C\CCCCCCCCC(C)C.CCCCCCCC/C=C\CCCCCCCCC(C)C. The van der Waals surface area contributed by atoms with Gasteiger partial charge < -0.3 is 0 Å². The topological polar surface area (TPSA) is 0 Å². The summed E-state index contributed by atoms with van der Waals surface area (Å²) in [5, 5.41) is 0. The molecule has 68 heavy (non-hydrogen) atoms. The zero-order valence-corrected chi connectivity index (χ0v) is 49.8. The lowest BCUT2D eigenvalue weighted by atomic mass is 10.0. The van der Waals surface area contributed by atoms with E-state index in [9.17, 15) is 0 Å². The highest BCUT2D eigenvalue weighted by Crippen LogP contribution is 2.15. The molecule has 0 aliphatic rings. The van der Waals surface area contributed by atoms with Crippen LogP contribution in [0.5, 0.6) is 0 Å². The zero-order chi connectivity index (χ0) is 51.1. The zero-order valence-electron chi connectivity index (χ0n) is 49.8. The van der Waals surface area contributed by atoms with Crippen molar-refractivity contribution in [3.63, 3.8) is 0 Å². The molecular formula is C68H134. The lowest BCUT2D eigenvalue weighted by Crippen LogP contribution is -1.87. The normalized spacial score (nSPS) is 11.9. The van der Waals surface area contributed by atoms with Crippen molar-refractivity contribution in [3.8, 4) is 0 Å². The number of hydrogen-bond acceptors (Lipinski definition) is 0. The van der Waals surface area contributed by atoms with Gasteiger partial charge in [0.05, 0.1) is 0 Å². The van der Waals surface area contributed by atoms with Crippen LogP contribution in [0, 0.1) is 23.7 Å². The minimum Gasteiger partial charge on any atom is -0.0885 e. The van der Waals surface area contributed by atoms with E-state index >= 15 is 0 Å². The van der Waals surface area contributed by atoms with Crippen molar-refractivity contribution in [1.82, 2.24) is 0 Å². The second-order valence-corrected chi connectivity index (χ2v) is 22.5. The molecule has 0 radical (unpaired) electrons. The average Bonchev–Trinajstić information content (AvgIpc) is 3.30. The Balaban J connectivity index is -0.000000412. The van der Waals surface area contributed by atoms with E-state index in [2.05, 4.69) is 144 Å². The lowest BCUT2D eigenvalue weighted by molar-refractivity contribution is 0.512.